The molecule has 0 bridgehead atoms. The number of likely N-dealkylation sites (tertiary alicyclic amines) is 1. The topological polar surface area (TPSA) is 64.2 Å². The Kier molecular flexibility index (Phi) is 2.85. The van der Waals surface area contributed by atoms with Gasteiger partial charge in [0.05, 0.1) is 11.8 Å². The quantitative estimate of drug-likeness (QED) is 0.833. The number of carbonyl (C=O) groups excluding carboxylic acids is 1. The van der Waals surface area contributed by atoms with E-state index in [1.165, 1.54) is 0 Å². The van der Waals surface area contributed by atoms with Crippen LogP contribution in [0, 0.1) is 19.8 Å². The lowest BCUT2D eigenvalue weighted by atomic mass is 9.99. The lowest BCUT2D eigenvalue weighted by Crippen LogP contribution is -2.51. The standard InChI is InChI=1S/C13H16N4O2/c1-9-5-12(10(2)19-9)13(18)16-6-11(7-16)8-17-4-3-14-15-17/h3-5,11H,6-8H2,1-2H3. The van der Waals surface area contributed by atoms with Crippen molar-refractivity contribution < 1.29 is 9.21 Å². The summed E-state index contributed by atoms with van der Waals surface area (Å²) in [6.07, 6.45) is 3.51. The molecule has 6 nitrogen and oxygen atoms in total. The van der Waals surface area contributed by atoms with Crippen LogP contribution < -0.4 is 0 Å². The van der Waals surface area contributed by atoms with Crippen molar-refractivity contribution in [1.29, 1.82) is 0 Å². The van der Waals surface area contributed by atoms with Gasteiger partial charge in [0.25, 0.3) is 5.91 Å². The lowest BCUT2D eigenvalue weighted by molar-refractivity contribution is 0.0458. The summed E-state index contributed by atoms with van der Waals surface area (Å²) >= 11 is 0. The van der Waals surface area contributed by atoms with Gasteiger partial charge in [-0.25, -0.2) is 0 Å². The molecule has 1 saturated heterocycles. The summed E-state index contributed by atoms with van der Waals surface area (Å²) in [7, 11) is 0. The molecule has 3 rings (SSSR count). The summed E-state index contributed by atoms with van der Waals surface area (Å²) < 4.78 is 7.20. The highest BCUT2D eigenvalue weighted by molar-refractivity contribution is 5.95. The monoisotopic (exact) mass is 260 g/mol. The fraction of sp³-hybridized carbons (Fsp3) is 0.462. The first-order valence-electron chi connectivity index (χ1n) is 6.34. The molecular weight excluding hydrogens is 244 g/mol. The Bertz CT molecular complexity index is 582. The van der Waals surface area contributed by atoms with Crippen molar-refractivity contribution in [2.75, 3.05) is 13.1 Å². The molecule has 6 heteroatoms. The highest BCUT2D eigenvalue weighted by atomic mass is 16.3. The average Bonchev–Trinajstić information content (AvgIpc) is 2.92. The fourth-order valence-electron chi connectivity index (χ4n) is 2.46. The number of hydrogen-bond acceptors (Lipinski definition) is 4. The molecule has 0 radical (unpaired) electrons. The van der Waals surface area contributed by atoms with Gasteiger partial charge >= 0.3 is 0 Å². The van der Waals surface area contributed by atoms with Crippen LogP contribution >= 0.6 is 0 Å². The first-order chi connectivity index (χ1) is 9.13. The normalized spacial score (nSPS) is 15.6. The summed E-state index contributed by atoms with van der Waals surface area (Å²) in [5.41, 5.74) is 0.678. The highest BCUT2D eigenvalue weighted by Gasteiger charge is 2.32. The van der Waals surface area contributed by atoms with E-state index in [0.717, 1.165) is 25.4 Å². The number of aryl methyl sites for hydroxylation is 2. The molecule has 100 valence electrons. The molecule has 0 atom stereocenters. The van der Waals surface area contributed by atoms with E-state index >= 15 is 0 Å². The zero-order chi connectivity index (χ0) is 13.4. The Morgan fingerprint density at radius 2 is 2.26 bits per heavy atom. The number of furan rings is 1. The molecule has 0 N–H and O–H groups in total. The predicted octanol–water partition coefficient (Wildman–Crippen LogP) is 1.26. The minimum Gasteiger partial charge on any atom is -0.466 e. The third kappa shape index (κ3) is 2.25. The maximum absolute atomic E-state index is 12.2. The van der Waals surface area contributed by atoms with Crippen LogP contribution in [0.1, 0.15) is 21.9 Å². The number of carbonyl (C=O) groups is 1. The Balaban J connectivity index is 1.58. The van der Waals surface area contributed by atoms with Crippen LogP contribution in [0.3, 0.4) is 0 Å². The van der Waals surface area contributed by atoms with Gasteiger partial charge in [-0.05, 0) is 19.9 Å². The predicted molar refractivity (Wildman–Crippen MR) is 67.6 cm³/mol. The van der Waals surface area contributed by atoms with E-state index in [9.17, 15) is 4.79 Å². The van der Waals surface area contributed by atoms with Crippen molar-refractivity contribution in [2.45, 2.75) is 20.4 Å². The number of nitrogens with zero attached hydrogens (tertiary/aromatic N) is 4. The molecular formula is C13H16N4O2. The van der Waals surface area contributed by atoms with Gasteiger partial charge in [-0.1, -0.05) is 5.21 Å². The molecule has 1 aliphatic heterocycles. The van der Waals surface area contributed by atoms with Crippen molar-refractivity contribution >= 4 is 5.91 Å². The minimum absolute atomic E-state index is 0.0594. The third-order valence-electron chi connectivity index (χ3n) is 3.43. The molecule has 3 heterocycles. The van der Waals surface area contributed by atoms with E-state index in [0.29, 0.717) is 17.2 Å². The Hall–Kier alpha value is -2.11. The Morgan fingerprint density at radius 1 is 1.47 bits per heavy atom. The van der Waals surface area contributed by atoms with Gasteiger partial charge in [0.2, 0.25) is 0 Å². The van der Waals surface area contributed by atoms with Crippen LogP contribution in [0.4, 0.5) is 0 Å². The van der Waals surface area contributed by atoms with Crippen LogP contribution in [0.15, 0.2) is 22.9 Å². The third-order valence-corrected chi connectivity index (χ3v) is 3.43. The molecule has 0 spiro atoms. The average molecular weight is 260 g/mol. The van der Waals surface area contributed by atoms with E-state index in [4.69, 9.17) is 4.42 Å². The Labute approximate surface area is 111 Å². The van der Waals surface area contributed by atoms with Gasteiger partial charge in [-0.3, -0.25) is 9.48 Å². The van der Waals surface area contributed by atoms with E-state index in [1.54, 1.807) is 10.9 Å². The number of rotatable bonds is 3. The van der Waals surface area contributed by atoms with Crippen molar-refractivity contribution in [3.8, 4) is 0 Å². The molecule has 1 fully saturated rings. The maximum atomic E-state index is 12.2. The fourth-order valence-corrected chi connectivity index (χ4v) is 2.46. The molecule has 0 saturated carbocycles. The molecule has 0 aromatic carbocycles. The van der Waals surface area contributed by atoms with Gasteiger partial charge in [0.15, 0.2) is 0 Å². The summed E-state index contributed by atoms with van der Waals surface area (Å²) in [6, 6.07) is 1.81. The second kappa shape index (κ2) is 4.53. The van der Waals surface area contributed by atoms with Crippen LogP contribution in [0.2, 0.25) is 0 Å². The van der Waals surface area contributed by atoms with Crippen molar-refractivity contribution in [2.24, 2.45) is 5.92 Å². The van der Waals surface area contributed by atoms with Crippen molar-refractivity contribution in [3.63, 3.8) is 0 Å². The van der Waals surface area contributed by atoms with Crippen LogP contribution in [-0.2, 0) is 6.54 Å². The van der Waals surface area contributed by atoms with E-state index in [-0.39, 0.29) is 5.91 Å². The van der Waals surface area contributed by atoms with Gasteiger partial charge in [-0.2, -0.15) is 0 Å². The largest absolute Gasteiger partial charge is 0.466 e. The number of aromatic nitrogens is 3. The minimum atomic E-state index is 0.0594. The van der Waals surface area contributed by atoms with E-state index in [1.807, 2.05) is 31.0 Å². The molecule has 2 aromatic rings. The summed E-state index contributed by atoms with van der Waals surface area (Å²) in [4.78, 5) is 14.1. The second-order valence-corrected chi connectivity index (χ2v) is 5.03. The SMILES string of the molecule is Cc1cc(C(=O)N2CC(Cn3ccnn3)C2)c(C)o1. The van der Waals surface area contributed by atoms with Crippen LogP contribution in [0.5, 0.6) is 0 Å². The van der Waals surface area contributed by atoms with E-state index in [2.05, 4.69) is 10.3 Å². The molecule has 0 unspecified atom stereocenters. The van der Waals surface area contributed by atoms with Crippen LogP contribution in [0.25, 0.3) is 0 Å². The maximum Gasteiger partial charge on any atom is 0.257 e. The Morgan fingerprint density at radius 3 is 2.84 bits per heavy atom. The summed E-state index contributed by atoms with van der Waals surface area (Å²) in [5.74, 6) is 1.99. The summed E-state index contributed by atoms with van der Waals surface area (Å²) in [5, 5.41) is 7.70. The molecule has 2 aromatic heterocycles. The van der Waals surface area contributed by atoms with Crippen molar-refractivity contribution in [1.82, 2.24) is 19.9 Å². The molecule has 19 heavy (non-hydrogen) atoms. The highest BCUT2D eigenvalue weighted by Crippen LogP contribution is 2.23. The smallest absolute Gasteiger partial charge is 0.257 e. The van der Waals surface area contributed by atoms with E-state index < -0.39 is 0 Å². The van der Waals surface area contributed by atoms with Gasteiger partial charge in [0, 0.05) is 31.7 Å². The molecule has 0 aliphatic carbocycles. The lowest BCUT2D eigenvalue weighted by Gasteiger charge is -2.39. The van der Waals surface area contributed by atoms with Gasteiger partial charge in [-0.15, -0.1) is 5.10 Å². The zero-order valence-corrected chi connectivity index (χ0v) is 11.0. The van der Waals surface area contributed by atoms with Crippen LogP contribution in [-0.4, -0.2) is 38.9 Å². The number of amides is 1. The second-order valence-electron chi connectivity index (χ2n) is 5.03. The summed E-state index contributed by atoms with van der Waals surface area (Å²) in [6.45, 7) is 6.03. The first kappa shape index (κ1) is 12.0. The van der Waals surface area contributed by atoms with Gasteiger partial charge in [0.1, 0.15) is 11.5 Å². The number of hydrogen-bond donors (Lipinski definition) is 0. The van der Waals surface area contributed by atoms with Gasteiger partial charge < -0.3 is 9.32 Å². The molecule has 1 aliphatic rings. The zero-order valence-electron chi connectivity index (χ0n) is 11.0. The first-order valence-corrected chi connectivity index (χ1v) is 6.34. The van der Waals surface area contributed by atoms with Crippen molar-refractivity contribution in [3.05, 3.63) is 35.5 Å². The molecule has 1 amide bonds.